The minimum atomic E-state index is 0.112. The monoisotopic (exact) mass is 433 g/mol. The second-order valence-electron chi connectivity index (χ2n) is 9.92. The number of benzene rings is 1. The fourth-order valence-electron chi connectivity index (χ4n) is 4.54. The number of hydrogen-bond donors (Lipinski definition) is 0. The SMILES string of the molecule is COc1ccc(CN(CC[C@]2(CCC(C)C)CCO[C@@H](C(C)C)C2)C(C)=O)cc1OC. The summed E-state index contributed by atoms with van der Waals surface area (Å²) in [6.45, 7) is 13.0. The molecule has 176 valence electrons. The lowest BCUT2D eigenvalue weighted by Crippen LogP contribution is -2.41. The van der Waals surface area contributed by atoms with Gasteiger partial charge in [0.05, 0.1) is 20.3 Å². The van der Waals surface area contributed by atoms with Crippen molar-refractivity contribution in [1.29, 1.82) is 0 Å². The molecule has 0 radical (unpaired) electrons. The molecule has 0 bridgehead atoms. The average molecular weight is 434 g/mol. The highest BCUT2D eigenvalue weighted by atomic mass is 16.5. The predicted molar refractivity (Wildman–Crippen MR) is 126 cm³/mol. The van der Waals surface area contributed by atoms with Crippen LogP contribution in [-0.2, 0) is 16.1 Å². The Bertz CT molecular complexity index is 703. The van der Waals surface area contributed by atoms with Crippen LogP contribution in [0.1, 0.15) is 72.3 Å². The van der Waals surface area contributed by atoms with Crippen LogP contribution < -0.4 is 9.47 Å². The van der Waals surface area contributed by atoms with E-state index in [0.29, 0.717) is 36.0 Å². The van der Waals surface area contributed by atoms with Crippen LogP contribution in [0.2, 0.25) is 0 Å². The zero-order valence-corrected chi connectivity index (χ0v) is 20.7. The first-order valence-electron chi connectivity index (χ1n) is 11.8. The highest BCUT2D eigenvalue weighted by molar-refractivity contribution is 5.73. The van der Waals surface area contributed by atoms with E-state index in [1.807, 2.05) is 23.1 Å². The van der Waals surface area contributed by atoms with Crippen LogP contribution in [-0.4, -0.2) is 44.3 Å². The van der Waals surface area contributed by atoms with Crippen LogP contribution in [0.25, 0.3) is 0 Å². The van der Waals surface area contributed by atoms with E-state index in [1.165, 1.54) is 12.8 Å². The first-order chi connectivity index (χ1) is 14.7. The standard InChI is InChI=1S/C26H43NO4/c1-19(2)10-11-26(13-15-31-25(17-26)20(3)4)12-14-27(21(5)28)18-22-8-9-23(29-6)24(16-22)30-7/h8-9,16,19-20,25H,10-15,17-18H2,1-7H3/t25-,26-/m1/s1. The third-order valence-electron chi connectivity index (χ3n) is 6.77. The molecular formula is C26H43NO4. The molecule has 0 unspecified atom stereocenters. The fourth-order valence-corrected chi connectivity index (χ4v) is 4.54. The summed E-state index contributed by atoms with van der Waals surface area (Å²) in [7, 11) is 3.27. The Balaban J connectivity index is 2.13. The summed E-state index contributed by atoms with van der Waals surface area (Å²) in [6, 6.07) is 5.88. The number of carbonyl (C=O) groups excluding carboxylic acids is 1. The summed E-state index contributed by atoms with van der Waals surface area (Å²) < 4.78 is 16.9. The molecule has 1 saturated heterocycles. The maximum atomic E-state index is 12.5. The van der Waals surface area contributed by atoms with Gasteiger partial charge in [-0.25, -0.2) is 0 Å². The van der Waals surface area contributed by atoms with E-state index in [2.05, 4.69) is 27.7 Å². The number of hydrogen-bond acceptors (Lipinski definition) is 4. The molecule has 1 aromatic rings. The first-order valence-corrected chi connectivity index (χ1v) is 11.8. The van der Waals surface area contributed by atoms with Gasteiger partial charge in [0.15, 0.2) is 11.5 Å². The number of ether oxygens (including phenoxy) is 3. The molecule has 1 heterocycles. The number of rotatable bonds is 11. The smallest absolute Gasteiger partial charge is 0.219 e. The number of methoxy groups -OCH3 is 2. The zero-order valence-electron chi connectivity index (χ0n) is 20.7. The summed E-state index contributed by atoms with van der Waals surface area (Å²) in [5.41, 5.74) is 1.30. The fraction of sp³-hybridized carbons (Fsp3) is 0.731. The van der Waals surface area contributed by atoms with Gasteiger partial charge >= 0.3 is 0 Å². The highest BCUT2D eigenvalue weighted by Crippen LogP contribution is 2.43. The van der Waals surface area contributed by atoms with Crippen LogP contribution in [0.15, 0.2) is 18.2 Å². The van der Waals surface area contributed by atoms with Gasteiger partial charge in [-0.1, -0.05) is 40.2 Å². The van der Waals surface area contributed by atoms with Crippen molar-refractivity contribution in [2.45, 2.75) is 79.4 Å². The van der Waals surface area contributed by atoms with Crippen molar-refractivity contribution < 1.29 is 19.0 Å². The largest absolute Gasteiger partial charge is 0.493 e. The lowest BCUT2D eigenvalue weighted by atomic mass is 9.69. The van der Waals surface area contributed by atoms with E-state index in [1.54, 1.807) is 21.1 Å². The van der Waals surface area contributed by atoms with E-state index in [0.717, 1.165) is 38.0 Å². The molecule has 1 aliphatic rings. The van der Waals surface area contributed by atoms with Gasteiger partial charge in [0.1, 0.15) is 0 Å². The first kappa shape index (κ1) is 25.5. The van der Waals surface area contributed by atoms with Gasteiger partial charge in [-0.05, 0) is 60.6 Å². The lowest BCUT2D eigenvalue weighted by molar-refractivity contribution is -0.130. The summed E-state index contributed by atoms with van der Waals surface area (Å²) >= 11 is 0. The van der Waals surface area contributed by atoms with Crippen molar-refractivity contribution in [2.75, 3.05) is 27.4 Å². The van der Waals surface area contributed by atoms with Crippen LogP contribution >= 0.6 is 0 Å². The zero-order chi connectivity index (χ0) is 23.0. The van der Waals surface area contributed by atoms with Gasteiger partial charge in [0, 0.05) is 26.6 Å². The minimum Gasteiger partial charge on any atom is -0.493 e. The van der Waals surface area contributed by atoms with E-state index in [4.69, 9.17) is 14.2 Å². The third kappa shape index (κ3) is 7.41. The molecule has 5 heteroatoms. The van der Waals surface area contributed by atoms with Crippen molar-refractivity contribution >= 4 is 5.91 Å². The molecule has 5 nitrogen and oxygen atoms in total. The van der Waals surface area contributed by atoms with E-state index >= 15 is 0 Å². The van der Waals surface area contributed by atoms with Gasteiger partial charge in [-0.3, -0.25) is 4.79 Å². The minimum absolute atomic E-state index is 0.112. The molecular weight excluding hydrogens is 390 g/mol. The quantitative estimate of drug-likeness (QED) is 0.449. The Labute approximate surface area is 189 Å². The van der Waals surface area contributed by atoms with Crippen LogP contribution in [0, 0.1) is 17.3 Å². The van der Waals surface area contributed by atoms with E-state index in [-0.39, 0.29) is 11.3 Å². The Morgan fingerprint density at radius 2 is 1.87 bits per heavy atom. The van der Waals surface area contributed by atoms with Crippen molar-refractivity contribution in [3.05, 3.63) is 23.8 Å². The second kappa shape index (κ2) is 11.8. The van der Waals surface area contributed by atoms with Gasteiger partial charge in [-0.2, -0.15) is 0 Å². The molecule has 0 aliphatic carbocycles. The normalized spacial score (nSPS) is 21.4. The van der Waals surface area contributed by atoms with Gasteiger partial charge in [0.2, 0.25) is 5.91 Å². The Hall–Kier alpha value is -1.75. The van der Waals surface area contributed by atoms with Gasteiger partial charge < -0.3 is 19.1 Å². The van der Waals surface area contributed by atoms with Crippen LogP contribution in [0.5, 0.6) is 11.5 Å². The second-order valence-corrected chi connectivity index (χ2v) is 9.92. The Morgan fingerprint density at radius 1 is 1.16 bits per heavy atom. The molecule has 0 spiro atoms. The Kier molecular flexibility index (Phi) is 9.67. The van der Waals surface area contributed by atoms with Crippen molar-refractivity contribution in [3.8, 4) is 11.5 Å². The van der Waals surface area contributed by atoms with Gasteiger partial charge in [0.25, 0.3) is 0 Å². The number of carbonyl (C=O) groups is 1. The molecule has 2 rings (SSSR count). The van der Waals surface area contributed by atoms with E-state index in [9.17, 15) is 4.79 Å². The summed E-state index contributed by atoms with van der Waals surface area (Å²) in [6.07, 6.45) is 5.96. The molecule has 0 aromatic heterocycles. The van der Waals surface area contributed by atoms with Gasteiger partial charge in [-0.15, -0.1) is 0 Å². The summed E-state index contributed by atoms with van der Waals surface area (Å²) in [4.78, 5) is 14.5. The van der Waals surface area contributed by atoms with Crippen LogP contribution in [0.4, 0.5) is 0 Å². The molecule has 1 amide bonds. The molecule has 0 N–H and O–H groups in total. The van der Waals surface area contributed by atoms with Crippen molar-refractivity contribution in [3.63, 3.8) is 0 Å². The third-order valence-corrected chi connectivity index (χ3v) is 6.77. The van der Waals surface area contributed by atoms with Crippen molar-refractivity contribution in [1.82, 2.24) is 4.90 Å². The highest BCUT2D eigenvalue weighted by Gasteiger charge is 2.38. The van der Waals surface area contributed by atoms with Crippen molar-refractivity contribution in [2.24, 2.45) is 17.3 Å². The molecule has 1 aliphatic heterocycles. The topological polar surface area (TPSA) is 48.0 Å². The lowest BCUT2D eigenvalue weighted by Gasteiger charge is -2.44. The Morgan fingerprint density at radius 3 is 2.45 bits per heavy atom. The molecule has 1 aromatic carbocycles. The average Bonchev–Trinajstić information content (AvgIpc) is 2.75. The molecule has 0 saturated carbocycles. The van der Waals surface area contributed by atoms with Crippen LogP contribution in [0.3, 0.4) is 0 Å². The van der Waals surface area contributed by atoms with E-state index < -0.39 is 0 Å². The maximum absolute atomic E-state index is 12.5. The number of amides is 1. The predicted octanol–water partition coefficient (Wildman–Crippen LogP) is 5.70. The summed E-state index contributed by atoms with van der Waals surface area (Å²) in [5.74, 6) is 2.72. The molecule has 31 heavy (non-hydrogen) atoms. The molecule has 2 atom stereocenters. The summed E-state index contributed by atoms with van der Waals surface area (Å²) in [5, 5.41) is 0. The number of nitrogens with zero attached hydrogens (tertiary/aromatic N) is 1. The molecule has 1 fully saturated rings. The maximum Gasteiger partial charge on any atom is 0.219 e.